The molecule has 0 radical (unpaired) electrons. The number of carbonyl (C=O) groups is 1. The summed E-state index contributed by atoms with van der Waals surface area (Å²) >= 11 is 1.70. The quantitative estimate of drug-likeness (QED) is 0.145. The minimum absolute atomic E-state index is 0.000193. The molecule has 5 aliphatic rings. The summed E-state index contributed by atoms with van der Waals surface area (Å²) in [5.41, 5.74) is 6.11. The van der Waals surface area contributed by atoms with Crippen LogP contribution in [0.4, 0.5) is 4.79 Å². The van der Waals surface area contributed by atoms with Gasteiger partial charge in [0.1, 0.15) is 0 Å². The van der Waals surface area contributed by atoms with Gasteiger partial charge in [-0.1, -0.05) is 73.7 Å². The molecule has 1 aromatic heterocycles. The number of urea groups is 1. The van der Waals surface area contributed by atoms with Crippen LogP contribution in [0.25, 0.3) is 11.1 Å². The van der Waals surface area contributed by atoms with Gasteiger partial charge >= 0.3 is 6.03 Å². The molecule has 7 nitrogen and oxygen atoms in total. The molecule has 4 saturated carbocycles. The normalized spacial score (nSPS) is 29.8. The molecule has 4 aromatic rings. The molecule has 50 heavy (non-hydrogen) atoms. The monoisotopic (exact) mass is 689 g/mol. The summed E-state index contributed by atoms with van der Waals surface area (Å²) in [5.74, 6) is 3.22. The van der Waals surface area contributed by atoms with E-state index < -0.39 is 6.29 Å². The summed E-state index contributed by atoms with van der Waals surface area (Å²) in [5, 5.41) is 17.2. The fourth-order valence-corrected chi connectivity index (χ4v) is 10.4. The zero-order valence-corrected chi connectivity index (χ0v) is 29.5. The van der Waals surface area contributed by atoms with E-state index in [4.69, 9.17) is 9.47 Å². The van der Waals surface area contributed by atoms with Crippen molar-refractivity contribution in [3.63, 3.8) is 0 Å². The van der Waals surface area contributed by atoms with Gasteiger partial charge in [0.2, 0.25) is 0 Å². The van der Waals surface area contributed by atoms with Crippen LogP contribution in [0.15, 0.2) is 102 Å². The first-order chi connectivity index (χ1) is 24.4. The molecule has 8 heteroatoms. The summed E-state index contributed by atoms with van der Waals surface area (Å²) in [7, 11) is 0. The lowest BCUT2D eigenvalue weighted by Crippen LogP contribution is -2.61. The smallest absolute Gasteiger partial charge is 0.315 e. The van der Waals surface area contributed by atoms with Crippen molar-refractivity contribution in [2.45, 2.75) is 87.7 Å². The van der Waals surface area contributed by atoms with Gasteiger partial charge in [-0.2, -0.15) is 0 Å². The Hall–Kier alpha value is -3.69. The highest BCUT2D eigenvalue weighted by atomic mass is 32.2. The molecule has 260 valence electrons. The Labute approximate surface area is 299 Å². The molecule has 3 aromatic carbocycles. The number of nitrogens with one attached hydrogen (secondary N) is 2. The number of aliphatic hydroxyl groups excluding tert-OH is 1. The first kappa shape index (κ1) is 33.5. The number of rotatable bonds is 10. The molecule has 0 spiro atoms. The molecular weight excluding hydrogens is 643 g/mol. The maximum atomic E-state index is 13.1. The molecule has 4 atom stereocenters. The Morgan fingerprint density at radius 2 is 1.56 bits per heavy atom. The molecular formula is C42H47N3O4S. The Morgan fingerprint density at radius 3 is 2.26 bits per heavy atom. The van der Waals surface area contributed by atoms with Gasteiger partial charge < -0.3 is 25.2 Å². The van der Waals surface area contributed by atoms with Crippen molar-refractivity contribution in [1.82, 2.24) is 15.6 Å². The second-order valence-electron chi connectivity index (χ2n) is 15.1. The molecule has 2 heterocycles. The van der Waals surface area contributed by atoms with Crippen LogP contribution in [-0.4, -0.2) is 33.5 Å². The summed E-state index contributed by atoms with van der Waals surface area (Å²) in [6.45, 7) is 2.67. The van der Waals surface area contributed by atoms with Crippen molar-refractivity contribution >= 4 is 17.8 Å². The second kappa shape index (κ2) is 14.5. The van der Waals surface area contributed by atoms with Crippen molar-refractivity contribution in [2.75, 3.05) is 5.75 Å². The number of carbonyl (C=O) groups excluding carboxylic acids is 1. The third-order valence-electron chi connectivity index (χ3n) is 11.4. The molecule has 1 aliphatic heterocycles. The Bertz CT molecular complexity index is 1750. The Balaban J connectivity index is 0.966. The van der Waals surface area contributed by atoms with Gasteiger partial charge in [-0.05, 0) is 108 Å². The van der Waals surface area contributed by atoms with Gasteiger partial charge in [-0.25, -0.2) is 9.78 Å². The molecule has 4 aliphatic carbocycles. The predicted octanol–water partition coefficient (Wildman–Crippen LogP) is 8.59. The van der Waals surface area contributed by atoms with Crippen molar-refractivity contribution in [2.24, 2.45) is 23.7 Å². The number of thioether (sulfide) groups is 1. The molecule has 3 N–H and O–H groups in total. The average Bonchev–Trinajstić information content (AvgIpc) is 3.13. The van der Waals surface area contributed by atoms with Crippen molar-refractivity contribution < 1.29 is 19.4 Å². The zero-order chi connectivity index (χ0) is 34.1. The number of aromatic nitrogens is 1. The number of benzene rings is 3. The van der Waals surface area contributed by atoms with E-state index in [0.29, 0.717) is 6.54 Å². The van der Waals surface area contributed by atoms with Crippen molar-refractivity contribution in [3.8, 4) is 11.1 Å². The van der Waals surface area contributed by atoms with E-state index in [-0.39, 0.29) is 36.3 Å². The van der Waals surface area contributed by atoms with E-state index in [9.17, 15) is 9.90 Å². The molecule has 0 unspecified atom stereocenters. The van der Waals surface area contributed by atoms with E-state index in [1.54, 1.807) is 11.8 Å². The van der Waals surface area contributed by atoms with Gasteiger partial charge in [0, 0.05) is 35.5 Å². The first-order valence-electron chi connectivity index (χ1n) is 18.2. The number of pyridine rings is 1. The van der Waals surface area contributed by atoms with E-state index >= 15 is 0 Å². The van der Waals surface area contributed by atoms with Crippen LogP contribution in [0.2, 0.25) is 0 Å². The Morgan fingerprint density at radius 1 is 0.840 bits per heavy atom. The van der Waals surface area contributed by atoms with E-state index in [1.807, 2.05) is 36.5 Å². The SMILES string of the molecule is C[C@H]1[C@@H](CSc2ccccn2)O[C@@H](c2cccc(-c3cccc(CNC(=O)NC45CC6CC(CC(C6)C4)C5)c3)c2)O[C@H]1c1ccc(CO)cc1. The largest absolute Gasteiger partial charge is 0.392 e. The highest BCUT2D eigenvalue weighted by Gasteiger charge is 2.51. The van der Waals surface area contributed by atoms with Gasteiger partial charge in [0.25, 0.3) is 0 Å². The lowest BCUT2D eigenvalue weighted by Gasteiger charge is -2.56. The summed E-state index contributed by atoms with van der Waals surface area (Å²) in [6, 6.07) is 30.7. The van der Waals surface area contributed by atoms with E-state index in [1.165, 1.54) is 19.3 Å². The highest BCUT2D eigenvalue weighted by Crippen LogP contribution is 2.55. The predicted molar refractivity (Wildman–Crippen MR) is 196 cm³/mol. The molecule has 5 fully saturated rings. The molecule has 9 rings (SSSR count). The number of nitrogens with zero attached hydrogens (tertiary/aromatic N) is 1. The van der Waals surface area contributed by atoms with Crippen LogP contribution in [0, 0.1) is 23.7 Å². The maximum Gasteiger partial charge on any atom is 0.315 e. The number of hydrogen-bond acceptors (Lipinski definition) is 6. The number of amides is 2. The van der Waals surface area contributed by atoms with Crippen LogP contribution >= 0.6 is 11.8 Å². The minimum Gasteiger partial charge on any atom is -0.392 e. The lowest BCUT2D eigenvalue weighted by molar-refractivity contribution is -0.268. The minimum atomic E-state index is -0.555. The zero-order valence-electron chi connectivity index (χ0n) is 28.7. The van der Waals surface area contributed by atoms with Gasteiger partial charge in [-0.3, -0.25) is 0 Å². The highest BCUT2D eigenvalue weighted by molar-refractivity contribution is 7.99. The summed E-state index contributed by atoms with van der Waals surface area (Å²) in [6.07, 6.45) is 8.52. The Kier molecular flexibility index (Phi) is 9.71. The lowest BCUT2D eigenvalue weighted by atomic mass is 9.53. The maximum absolute atomic E-state index is 13.1. The third kappa shape index (κ3) is 7.35. The van der Waals surface area contributed by atoms with E-state index in [2.05, 4.69) is 83.2 Å². The van der Waals surface area contributed by atoms with Gasteiger partial charge in [-0.15, -0.1) is 11.8 Å². The summed E-state index contributed by atoms with van der Waals surface area (Å²) in [4.78, 5) is 17.7. The number of hydrogen-bond donors (Lipinski definition) is 3. The molecule has 1 saturated heterocycles. The van der Waals surface area contributed by atoms with Crippen LogP contribution in [-0.2, 0) is 22.6 Å². The van der Waals surface area contributed by atoms with Crippen molar-refractivity contribution in [3.05, 3.63) is 119 Å². The van der Waals surface area contributed by atoms with Crippen LogP contribution in [0.3, 0.4) is 0 Å². The summed E-state index contributed by atoms with van der Waals surface area (Å²) < 4.78 is 13.5. The van der Waals surface area contributed by atoms with Gasteiger partial charge in [0.15, 0.2) is 6.29 Å². The van der Waals surface area contributed by atoms with E-state index in [0.717, 1.165) is 81.2 Å². The average molecular weight is 690 g/mol. The molecule has 2 amide bonds. The number of ether oxygens (including phenoxy) is 2. The second-order valence-corrected chi connectivity index (χ2v) is 16.2. The van der Waals surface area contributed by atoms with Crippen LogP contribution in [0.1, 0.15) is 80.1 Å². The fraction of sp³-hybridized carbons (Fsp3) is 0.429. The topological polar surface area (TPSA) is 92.7 Å². The molecule has 4 bridgehead atoms. The van der Waals surface area contributed by atoms with Crippen LogP contribution in [0.5, 0.6) is 0 Å². The van der Waals surface area contributed by atoms with Crippen LogP contribution < -0.4 is 10.6 Å². The van der Waals surface area contributed by atoms with Crippen molar-refractivity contribution in [1.29, 1.82) is 0 Å². The standard InChI is InChI=1S/C42H47N3O4S/c1-27-37(26-50-38-10-2-3-15-43-38)48-40(49-39(27)33-13-11-28(25-46)12-14-33)36-9-5-8-35(20-36)34-7-4-6-29(19-34)24-44-41(47)45-42-21-30-16-31(22-42)18-32(17-30)23-42/h2-15,19-20,27,30-32,37,39-40,46H,16-18,21-26H2,1H3,(H2,44,45,47)/t27-,30?,31?,32?,37+,39+,40+,42?/m0/s1. The number of aliphatic hydroxyl groups is 1. The van der Waals surface area contributed by atoms with Gasteiger partial charge in [0.05, 0.1) is 23.8 Å². The first-order valence-corrected chi connectivity index (χ1v) is 19.2. The third-order valence-corrected chi connectivity index (χ3v) is 12.5. The fourth-order valence-electron chi connectivity index (χ4n) is 9.37.